The molecule has 29 heavy (non-hydrogen) atoms. The fraction of sp³-hybridized carbons (Fsp3) is 0.217. The number of H-pyrrole nitrogens is 1. The summed E-state index contributed by atoms with van der Waals surface area (Å²) >= 11 is 0. The van der Waals surface area contributed by atoms with Crippen LogP contribution in [0.2, 0.25) is 0 Å². The molecule has 0 unspecified atom stereocenters. The maximum Gasteiger partial charge on any atom is 0.171 e. The molecule has 0 amide bonds. The Kier molecular flexibility index (Phi) is 5.51. The first-order valence-electron chi connectivity index (χ1n) is 9.63. The number of ether oxygens (including phenoxy) is 1. The summed E-state index contributed by atoms with van der Waals surface area (Å²) in [5.74, 6) is -1.15. The van der Waals surface area contributed by atoms with Crippen LogP contribution in [0, 0.1) is 11.6 Å². The molecule has 0 aliphatic rings. The normalized spacial score (nSPS) is 11.1. The molecular formula is C23H21F2N3O. The van der Waals surface area contributed by atoms with Gasteiger partial charge < -0.3 is 9.72 Å². The molecule has 6 heteroatoms. The predicted molar refractivity (Wildman–Crippen MR) is 109 cm³/mol. The monoisotopic (exact) mass is 393 g/mol. The molecule has 0 bridgehead atoms. The van der Waals surface area contributed by atoms with Gasteiger partial charge in [-0.05, 0) is 36.2 Å². The number of aromatic nitrogens is 3. The molecule has 4 rings (SSSR count). The van der Waals surface area contributed by atoms with Gasteiger partial charge in [0.15, 0.2) is 11.6 Å². The van der Waals surface area contributed by atoms with E-state index in [4.69, 9.17) is 4.74 Å². The molecule has 3 aromatic heterocycles. The van der Waals surface area contributed by atoms with Gasteiger partial charge in [-0.1, -0.05) is 19.4 Å². The van der Waals surface area contributed by atoms with E-state index in [0.717, 1.165) is 34.9 Å². The van der Waals surface area contributed by atoms with E-state index in [2.05, 4.69) is 15.0 Å². The van der Waals surface area contributed by atoms with Crippen molar-refractivity contribution in [3.05, 3.63) is 77.9 Å². The van der Waals surface area contributed by atoms with Crippen LogP contribution in [0.5, 0.6) is 5.75 Å². The maximum atomic E-state index is 14.9. The molecular weight excluding hydrogens is 372 g/mol. The van der Waals surface area contributed by atoms with E-state index in [1.807, 2.05) is 25.1 Å². The number of nitrogens with one attached hydrogen (secondary N) is 1. The summed E-state index contributed by atoms with van der Waals surface area (Å²) in [7, 11) is 0. The zero-order valence-electron chi connectivity index (χ0n) is 16.1. The molecule has 0 spiro atoms. The van der Waals surface area contributed by atoms with Gasteiger partial charge in [0.2, 0.25) is 0 Å². The van der Waals surface area contributed by atoms with E-state index >= 15 is 0 Å². The van der Waals surface area contributed by atoms with Crippen LogP contribution >= 0.6 is 0 Å². The van der Waals surface area contributed by atoms with Crippen LogP contribution in [-0.4, -0.2) is 21.6 Å². The van der Waals surface area contributed by atoms with Crippen LogP contribution in [0.3, 0.4) is 0 Å². The Bertz CT molecular complexity index is 1130. The lowest BCUT2D eigenvalue weighted by Crippen LogP contribution is -2.03. The highest BCUT2D eigenvalue weighted by atomic mass is 19.1. The topological polar surface area (TPSA) is 50.8 Å². The van der Waals surface area contributed by atoms with Crippen LogP contribution in [0.15, 0.2) is 55.1 Å². The fourth-order valence-electron chi connectivity index (χ4n) is 3.26. The standard InChI is InChI=1S/C23H21F2N3O/c1-2-3-9-29-21-7-6-20(24)19(22(21)25)11-17-14-28-23-18(17)10-16(13-27-23)15-5-4-8-26-12-15/h4-8,10,12-14H,2-3,9,11H2,1H3,(H,27,28). The van der Waals surface area contributed by atoms with Gasteiger partial charge in [-0.25, -0.2) is 13.8 Å². The minimum Gasteiger partial charge on any atom is -0.491 e. The third-order valence-electron chi connectivity index (χ3n) is 4.88. The predicted octanol–water partition coefficient (Wildman–Crippen LogP) is 5.67. The third-order valence-corrected chi connectivity index (χ3v) is 4.88. The van der Waals surface area contributed by atoms with Crippen LogP contribution in [-0.2, 0) is 6.42 Å². The minimum atomic E-state index is -0.646. The number of unbranched alkanes of at least 4 members (excludes halogenated alkanes) is 1. The van der Waals surface area contributed by atoms with E-state index in [-0.39, 0.29) is 17.7 Å². The Hall–Kier alpha value is -3.28. The number of fused-ring (bicyclic) bond motifs is 1. The molecule has 0 saturated carbocycles. The van der Waals surface area contributed by atoms with Gasteiger partial charge in [-0.15, -0.1) is 0 Å². The van der Waals surface area contributed by atoms with Crippen LogP contribution in [0.1, 0.15) is 30.9 Å². The number of aromatic amines is 1. The van der Waals surface area contributed by atoms with Crippen molar-refractivity contribution in [2.45, 2.75) is 26.2 Å². The Labute approximate surface area is 167 Å². The first-order valence-corrected chi connectivity index (χ1v) is 9.63. The second-order valence-corrected chi connectivity index (χ2v) is 6.89. The highest BCUT2D eigenvalue weighted by Crippen LogP contribution is 2.29. The van der Waals surface area contributed by atoms with Crippen molar-refractivity contribution in [2.24, 2.45) is 0 Å². The lowest BCUT2D eigenvalue weighted by atomic mass is 10.0. The third kappa shape index (κ3) is 3.97. The van der Waals surface area contributed by atoms with Crippen molar-refractivity contribution < 1.29 is 13.5 Å². The number of benzene rings is 1. The Morgan fingerprint density at radius 3 is 2.79 bits per heavy atom. The highest BCUT2D eigenvalue weighted by Gasteiger charge is 2.17. The number of hydrogen-bond acceptors (Lipinski definition) is 3. The number of nitrogens with zero attached hydrogens (tertiary/aromatic N) is 2. The lowest BCUT2D eigenvalue weighted by molar-refractivity contribution is 0.292. The largest absolute Gasteiger partial charge is 0.491 e. The van der Waals surface area contributed by atoms with Gasteiger partial charge in [-0.3, -0.25) is 4.98 Å². The first-order chi connectivity index (χ1) is 14.2. The Balaban J connectivity index is 1.68. The molecule has 3 heterocycles. The maximum absolute atomic E-state index is 14.9. The van der Waals surface area contributed by atoms with E-state index in [9.17, 15) is 8.78 Å². The molecule has 0 atom stereocenters. The number of hydrogen-bond donors (Lipinski definition) is 1. The van der Waals surface area contributed by atoms with Gasteiger partial charge in [-0.2, -0.15) is 0 Å². The number of halogens is 2. The smallest absolute Gasteiger partial charge is 0.171 e. The zero-order chi connectivity index (χ0) is 20.2. The summed E-state index contributed by atoms with van der Waals surface area (Å²) in [5, 5.41) is 0.822. The van der Waals surface area contributed by atoms with Crippen molar-refractivity contribution >= 4 is 11.0 Å². The molecule has 0 aliphatic carbocycles. The second kappa shape index (κ2) is 8.39. The van der Waals surface area contributed by atoms with E-state index in [1.165, 1.54) is 12.1 Å². The molecule has 0 fully saturated rings. The molecule has 1 aromatic carbocycles. The molecule has 0 radical (unpaired) electrons. The van der Waals surface area contributed by atoms with Crippen LogP contribution in [0.25, 0.3) is 22.2 Å². The number of pyridine rings is 2. The molecule has 4 aromatic rings. The quantitative estimate of drug-likeness (QED) is 0.412. The van der Waals surface area contributed by atoms with E-state index < -0.39 is 11.6 Å². The van der Waals surface area contributed by atoms with Gasteiger partial charge in [0.05, 0.1) is 6.61 Å². The summed E-state index contributed by atoms with van der Waals surface area (Å²) in [6.07, 6.45) is 8.82. The SMILES string of the molecule is CCCCOc1ccc(F)c(Cc2c[nH]c3ncc(-c4cccnc4)cc23)c1F. The summed E-state index contributed by atoms with van der Waals surface area (Å²) in [5.41, 5.74) is 3.25. The van der Waals surface area contributed by atoms with E-state index in [1.54, 1.807) is 24.8 Å². The van der Waals surface area contributed by atoms with Crippen molar-refractivity contribution in [1.29, 1.82) is 0 Å². The molecule has 148 valence electrons. The minimum absolute atomic E-state index is 0.00770. The van der Waals surface area contributed by atoms with Crippen LogP contribution < -0.4 is 4.74 Å². The zero-order valence-corrected chi connectivity index (χ0v) is 16.1. The molecule has 1 N–H and O–H groups in total. The highest BCUT2D eigenvalue weighted by molar-refractivity contribution is 5.84. The Morgan fingerprint density at radius 2 is 2.00 bits per heavy atom. The molecule has 0 saturated heterocycles. The lowest BCUT2D eigenvalue weighted by Gasteiger charge is -2.11. The second-order valence-electron chi connectivity index (χ2n) is 6.89. The molecule has 0 aliphatic heterocycles. The Morgan fingerprint density at radius 1 is 1.10 bits per heavy atom. The molecule has 4 nitrogen and oxygen atoms in total. The average molecular weight is 393 g/mol. The fourth-order valence-corrected chi connectivity index (χ4v) is 3.26. The van der Waals surface area contributed by atoms with Crippen molar-refractivity contribution in [3.8, 4) is 16.9 Å². The average Bonchev–Trinajstić information content (AvgIpc) is 3.15. The van der Waals surface area contributed by atoms with Crippen LogP contribution in [0.4, 0.5) is 8.78 Å². The van der Waals surface area contributed by atoms with Crippen molar-refractivity contribution in [3.63, 3.8) is 0 Å². The first kappa shape index (κ1) is 19.1. The summed E-state index contributed by atoms with van der Waals surface area (Å²) in [6.45, 7) is 2.44. The van der Waals surface area contributed by atoms with Gasteiger partial charge in [0.25, 0.3) is 0 Å². The summed E-state index contributed by atoms with van der Waals surface area (Å²) < 4.78 is 34.8. The summed E-state index contributed by atoms with van der Waals surface area (Å²) in [4.78, 5) is 11.7. The van der Waals surface area contributed by atoms with Gasteiger partial charge in [0, 0.05) is 53.3 Å². The van der Waals surface area contributed by atoms with Gasteiger partial charge in [0.1, 0.15) is 11.5 Å². The number of rotatable bonds is 7. The van der Waals surface area contributed by atoms with Gasteiger partial charge >= 0.3 is 0 Å². The van der Waals surface area contributed by atoms with Crippen molar-refractivity contribution in [2.75, 3.05) is 6.61 Å². The summed E-state index contributed by atoms with van der Waals surface area (Å²) in [6, 6.07) is 8.36. The van der Waals surface area contributed by atoms with Crippen molar-refractivity contribution in [1.82, 2.24) is 15.0 Å². The van der Waals surface area contributed by atoms with E-state index in [0.29, 0.717) is 12.3 Å².